The second-order valence-electron chi connectivity index (χ2n) is 5.10. The van der Waals surface area contributed by atoms with Crippen LogP contribution in [0.5, 0.6) is 0 Å². The molecule has 11 heteroatoms. The van der Waals surface area contributed by atoms with Crippen molar-refractivity contribution in [3.63, 3.8) is 0 Å². The molecule has 0 aromatic carbocycles. The molecule has 1 aliphatic heterocycles. The summed E-state index contributed by atoms with van der Waals surface area (Å²) in [6.07, 6.45) is -4.32. The van der Waals surface area contributed by atoms with Crippen LogP contribution >= 0.6 is 0 Å². The van der Waals surface area contributed by atoms with Crippen LogP contribution in [-0.2, 0) is 9.57 Å². The van der Waals surface area contributed by atoms with Gasteiger partial charge in [-0.15, -0.1) is 0 Å². The van der Waals surface area contributed by atoms with E-state index < -0.39 is 42.9 Å². The number of anilines is 1. The van der Waals surface area contributed by atoms with E-state index in [-0.39, 0.29) is 5.82 Å². The van der Waals surface area contributed by atoms with Gasteiger partial charge in [-0.1, -0.05) is 0 Å². The van der Waals surface area contributed by atoms with Crippen molar-refractivity contribution in [1.29, 1.82) is 0 Å². The number of aliphatic hydroxyl groups excluding tert-OH is 3. The number of carbonyl (C=O) groups excluding carboxylic acids is 1. The van der Waals surface area contributed by atoms with Gasteiger partial charge in [-0.25, -0.2) is 9.59 Å². The SMILES string of the molecule is CN(C)C(=O)ONc1ccn([C@@H]2O[C@H](CO)C(O)C2O)c(=O)n1. The first kappa shape index (κ1) is 17.1. The van der Waals surface area contributed by atoms with Crippen molar-refractivity contribution in [2.24, 2.45) is 0 Å². The zero-order valence-electron chi connectivity index (χ0n) is 12.5. The van der Waals surface area contributed by atoms with Crippen LogP contribution in [0, 0.1) is 0 Å². The number of amides is 1. The van der Waals surface area contributed by atoms with E-state index in [1.807, 2.05) is 0 Å². The molecule has 2 rings (SSSR count). The molecule has 1 aromatic heterocycles. The van der Waals surface area contributed by atoms with Gasteiger partial charge in [0, 0.05) is 26.4 Å². The lowest BCUT2D eigenvalue weighted by Gasteiger charge is -2.17. The Bertz CT molecular complexity index is 620. The molecule has 1 aliphatic rings. The van der Waals surface area contributed by atoms with E-state index in [2.05, 4.69) is 15.3 Å². The normalized spacial score (nSPS) is 26.8. The maximum atomic E-state index is 12.0. The minimum absolute atomic E-state index is 0.0202. The molecule has 4 N–H and O–H groups in total. The number of carbonyl (C=O) groups is 1. The summed E-state index contributed by atoms with van der Waals surface area (Å²) in [6.45, 7) is -0.503. The number of hydrogen-bond donors (Lipinski definition) is 4. The predicted octanol–water partition coefficient (Wildman–Crippen LogP) is -2.12. The highest BCUT2D eigenvalue weighted by molar-refractivity contribution is 5.67. The van der Waals surface area contributed by atoms with Crippen LogP contribution < -0.4 is 11.2 Å². The fraction of sp³-hybridized carbons (Fsp3) is 0.583. The lowest BCUT2D eigenvalue weighted by Crippen LogP contribution is -2.36. The smallest absolute Gasteiger partial charge is 0.394 e. The third-order valence-electron chi connectivity index (χ3n) is 3.23. The summed E-state index contributed by atoms with van der Waals surface area (Å²) in [6, 6.07) is 1.32. The summed E-state index contributed by atoms with van der Waals surface area (Å²) in [5.41, 5.74) is 1.42. The Morgan fingerprint density at radius 2 is 2.17 bits per heavy atom. The van der Waals surface area contributed by atoms with E-state index >= 15 is 0 Å². The zero-order valence-corrected chi connectivity index (χ0v) is 12.5. The van der Waals surface area contributed by atoms with Gasteiger partial charge in [0.15, 0.2) is 12.0 Å². The van der Waals surface area contributed by atoms with Crippen molar-refractivity contribution in [3.05, 3.63) is 22.7 Å². The molecule has 11 nitrogen and oxygen atoms in total. The van der Waals surface area contributed by atoms with Crippen molar-refractivity contribution < 1.29 is 29.7 Å². The Kier molecular flexibility index (Phi) is 5.15. The molecule has 4 atom stereocenters. The molecule has 2 heterocycles. The van der Waals surface area contributed by atoms with Gasteiger partial charge >= 0.3 is 11.8 Å². The van der Waals surface area contributed by atoms with Crippen LogP contribution in [0.2, 0.25) is 0 Å². The zero-order chi connectivity index (χ0) is 17.1. The molecule has 0 bridgehead atoms. The van der Waals surface area contributed by atoms with Crippen LogP contribution in [0.1, 0.15) is 6.23 Å². The minimum Gasteiger partial charge on any atom is -0.394 e. The van der Waals surface area contributed by atoms with E-state index in [4.69, 9.17) is 9.84 Å². The Morgan fingerprint density at radius 3 is 2.70 bits per heavy atom. The first-order valence-corrected chi connectivity index (χ1v) is 6.71. The van der Waals surface area contributed by atoms with Gasteiger partial charge in [0.05, 0.1) is 6.61 Å². The number of aromatic nitrogens is 2. The number of nitrogens with one attached hydrogen (secondary N) is 1. The van der Waals surface area contributed by atoms with Crippen molar-refractivity contribution in [2.75, 3.05) is 26.2 Å². The van der Waals surface area contributed by atoms with Crippen molar-refractivity contribution in [2.45, 2.75) is 24.5 Å². The topological polar surface area (TPSA) is 146 Å². The molecule has 1 saturated heterocycles. The summed E-state index contributed by atoms with van der Waals surface area (Å²) >= 11 is 0. The first-order chi connectivity index (χ1) is 10.8. The third kappa shape index (κ3) is 3.59. The molecular weight excluding hydrogens is 312 g/mol. The Morgan fingerprint density at radius 1 is 1.48 bits per heavy atom. The van der Waals surface area contributed by atoms with Crippen molar-refractivity contribution >= 4 is 11.9 Å². The molecule has 1 amide bonds. The molecule has 23 heavy (non-hydrogen) atoms. The standard InChI is InChI=1S/C12H18N4O7/c1-15(2)12(21)23-14-7-3-4-16(11(20)13-7)10-9(19)8(18)6(5-17)22-10/h3-4,6,8-10,17-19H,5H2,1-2H3,(H,13,14,20)/t6-,8?,9?,10-/m1/s1. The molecule has 2 unspecified atom stereocenters. The third-order valence-corrected chi connectivity index (χ3v) is 3.23. The van der Waals surface area contributed by atoms with Crippen molar-refractivity contribution in [3.8, 4) is 0 Å². The van der Waals surface area contributed by atoms with Gasteiger partial charge in [0.2, 0.25) is 0 Å². The number of hydrogen-bond acceptors (Lipinski definition) is 9. The number of nitrogens with zero attached hydrogens (tertiary/aromatic N) is 3. The van der Waals surface area contributed by atoms with Crippen LogP contribution in [-0.4, -0.2) is 74.9 Å². The van der Waals surface area contributed by atoms with Crippen molar-refractivity contribution in [1.82, 2.24) is 14.5 Å². The highest BCUT2D eigenvalue weighted by Crippen LogP contribution is 2.28. The maximum absolute atomic E-state index is 12.0. The van der Waals surface area contributed by atoms with E-state index in [9.17, 15) is 19.8 Å². The van der Waals surface area contributed by atoms with Gasteiger partial charge in [-0.2, -0.15) is 10.5 Å². The Hall–Kier alpha value is -2.21. The summed E-state index contributed by atoms with van der Waals surface area (Å²) < 4.78 is 6.19. The van der Waals surface area contributed by atoms with E-state index in [1.165, 1.54) is 31.3 Å². The molecule has 0 aliphatic carbocycles. The monoisotopic (exact) mass is 330 g/mol. The molecule has 0 spiro atoms. The van der Waals surface area contributed by atoms with Crippen LogP contribution in [0.3, 0.4) is 0 Å². The fourth-order valence-corrected chi connectivity index (χ4v) is 1.96. The Balaban J connectivity index is 2.11. The highest BCUT2D eigenvalue weighted by atomic mass is 16.7. The molecule has 1 aromatic rings. The number of ether oxygens (including phenoxy) is 1. The van der Waals surface area contributed by atoms with Crippen LogP contribution in [0.25, 0.3) is 0 Å². The lowest BCUT2D eigenvalue weighted by atomic mass is 10.1. The summed E-state index contributed by atoms with van der Waals surface area (Å²) in [5, 5.41) is 28.6. The van der Waals surface area contributed by atoms with Gasteiger partial charge in [-0.3, -0.25) is 4.57 Å². The molecular formula is C12H18N4O7. The molecule has 0 radical (unpaired) electrons. The van der Waals surface area contributed by atoms with Crippen LogP contribution in [0.15, 0.2) is 17.1 Å². The second kappa shape index (κ2) is 6.91. The lowest BCUT2D eigenvalue weighted by molar-refractivity contribution is -0.0549. The summed E-state index contributed by atoms with van der Waals surface area (Å²) in [4.78, 5) is 32.7. The summed E-state index contributed by atoms with van der Waals surface area (Å²) in [7, 11) is 2.97. The van der Waals surface area contributed by atoms with Crippen LogP contribution in [0.4, 0.5) is 10.6 Å². The van der Waals surface area contributed by atoms with Gasteiger partial charge in [-0.05, 0) is 0 Å². The minimum atomic E-state index is -1.39. The summed E-state index contributed by atoms with van der Waals surface area (Å²) in [5.74, 6) is -0.0202. The average Bonchev–Trinajstić information content (AvgIpc) is 2.80. The van der Waals surface area contributed by atoms with E-state index in [0.29, 0.717) is 0 Å². The highest BCUT2D eigenvalue weighted by Gasteiger charge is 2.43. The molecule has 128 valence electrons. The second-order valence-corrected chi connectivity index (χ2v) is 5.10. The van der Waals surface area contributed by atoms with Gasteiger partial charge < -0.3 is 29.8 Å². The average molecular weight is 330 g/mol. The first-order valence-electron chi connectivity index (χ1n) is 6.71. The van der Waals surface area contributed by atoms with E-state index in [0.717, 1.165) is 4.57 Å². The number of aliphatic hydroxyl groups is 3. The Labute approximate surface area is 130 Å². The van der Waals surface area contributed by atoms with E-state index in [1.54, 1.807) is 0 Å². The fourth-order valence-electron chi connectivity index (χ4n) is 1.96. The van der Waals surface area contributed by atoms with Gasteiger partial charge in [0.1, 0.15) is 18.3 Å². The van der Waals surface area contributed by atoms with Gasteiger partial charge in [0.25, 0.3) is 0 Å². The quantitative estimate of drug-likeness (QED) is 0.455. The largest absolute Gasteiger partial charge is 0.433 e. The number of rotatable bonds is 4. The maximum Gasteiger partial charge on any atom is 0.433 e. The molecule has 0 saturated carbocycles. The molecule has 1 fully saturated rings. The predicted molar refractivity (Wildman–Crippen MR) is 75.3 cm³/mol.